The van der Waals surface area contributed by atoms with Crippen LogP contribution in [0.1, 0.15) is 28.7 Å². The maximum Gasteiger partial charge on any atom is 0.289 e. The standard InChI is InChI=1S/C17H20N6O2S/c1-4-26-17-19-18-15(21(17)2)14-11-10-23(8-7-12(11)22(3)20-14)16(24)13-6-5-9-25-13/h5-6,9H,4,7-8,10H2,1-3H3. The van der Waals surface area contributed by atoms with E-state index in [1.54, 1.807) is 28.8 Å². The topological polar surface area (TPSA) is 82.0 Å². The fraction of sp³-hybridized carbons (Fsp3) is 0.412. The van der Waals surface area contributed by atoms with Crippen LogP contribution in [-0.4, -0.2) is 47.6 Å². The molecule has 0 N–H and O–H groups in total. The first-order valence-corrected chi connectivity index (χ1v) is 9.48. The molecule has 3 aromatic rings. The van der Waals surface area contributed by atoms with Crippen LogP contribution in [0.15, 0.2) is 28.0 Å². The van der Waals surface area contributed by atoms with Crippen LogP contribution in [0.4, 0.5) is 0 Å². The number of aryl methyl sites for hydroxylation is 1. The summed E-state index contributed by atoms with van der Waals surface area (Å²) in [6.45, 7) is 3.21. The van der Waals surface area contributed by atoms with E-state index in [2.05, 4.69) is 22.2 Å². The van der Waals surface area contributed by atoms with Crippen molar-refractivity contribution >= 4 is 17.7 Å². The molecule has 26 heavy (non-hydrogen) atoms. The van der Waals surface area contributed by atoms with E-state index in [1.165, 1.54) is 6.26 Å². The monoisotopic (exact) mass is 372 g/mol. The molecular weight excluding hydrogens is 352 g/mol. The Labute approximate surface area is 155 Å². The summed E-state index contributed by atoms with van der Waals surface area (Å²) in [5, 5.41) is 14.1. The Bertz CT molecular complexity index is 943. The summed E-state index contributed by atoms with van der Waals surface area (Å²) in [7, 11) is 3.88. The Morgan fingerprint density at radius 2 is 2.19 bits per heavy atom. The molecule has 0 radical (unpaired) electrons. The van der Waals surface area contributed by atoms with Crippen molar-refractivity contribution in [1.82, 2.24) is 29.4 Å². The quantitative estimate of drug-likeness (QED) is 0.653. The molecule has 9 heteroatoms. The maximum atomic E-state index is 12.6. The van der Waals surface area contributed by atoms with E-state index in [4.69, 9.17) is 4.42 Å². The number of fused-ring (bicyclic) bond motifs is 1. The predicted molar refractivity (Wildman–Crippen MR) is 96.8 cm³/mol. The molecule has 1 aliphatic rings. The van der Waals surface area contributed by atoms with Crippen molar-refractivity contribution in [2.75, 3.05) is 12.3 Å². The molecule has 0 spiro atoms. The third-order valence-corrected chi connectivity index (χ3v) is 5.48. The van der Waals surface area contributed by atoms with E-state index in [-0.39, 0.29) is 5.91 Å². The summed E-state index contributed by atoms with van der Waals surface area (Å²) in [5.41, 5.74) is 2.95. The molecule has 4 heterocycles. The van der Waals surface area contributed by atoms with Gasteiger partial charge >= 0.3 is 0 Å². The molecule has 1 amide bonds. The third kappa shape index (κ3) is 2.72. The molecule has 0 aliphatic carbocycles. The summed E-state index contributed by atoms with van der Waals surface area (Å²) in [5.74, 6) is 1.91. The summed E-state index contributed by atoms with van der Waals surface area (Å²) in [6.07, 6.45) is 2.27. The van der Waals surface area contributed by atoms with E-state index in [0.29, 0.717) is 18.8 Å². The minimum absolute atomic E-state index is 0.101. The van der Waals surface area contributed by atoms with Gasteiger partial charge in [-0.1, -0.05) is 18.7 Å². The van der Waals surface area contributed by atoms with Crippen LogP contribution in [0.2, 0.25) is 0 Å². The van der Waals surface area contributed by atoms with Crippen molar-refractivity contribution in [2.45, 2.75) is 25.0 Å². The Hall–Kier alpha value is -2.55. The van der Waals surface area contributed by atoms with Gasteiger partial charge in [0.1, 0.15) is 5.69 Å². The van der Waals surface area contributed by atoms with Crippen molar-refractivity contribution in [2.24, 2.45) is 14.1 Å². The van der Waals surface area contributed by atoms with Gasteiger partial charge in [0, 0.05) is 38.3 Å². The molecule has 3 aromatic heterocycles. The van der Waals surface area contributed by atoms with Gasteiger partial charge in [-0.2, -0.15) is 5.10 Å². The molecule has 0 unspecified atom stereocenters. The van der Waals surface area contributed by atoms with Crippen molar-refractivity contribution in [3.05, 3.63) is 35.4 Å². The predicted octanol–water partition coefficient (Wildman–Crippen LogP) is 2.12. The van der Waals surface area contributed by atoms with Gasteiger partial charge in [0.25, 0.3) is 5.91 Å². The number of thioether (sulfide) groups is 1. The Balaban J connectivity index is 1.69. The second kappa shape index (κ2) is 6.64. The van der Waals surface area contributed by atoms with Crippen molar-refractivity contribution in [3.8, 4) is 11.5 Å². The Morgan fingerprint density at radius 3 is 2.92 bits per heavy atom. The summed E-state index contributed by atoms with van der Waals surface area (Å²) < 4.78 is 9.12. The highest BCUT2D eigenvalue weighted by Gasteiger charge is 2.30. The zero-order chi connectivity index (χ0) is 18.3. The van der Waals surface area contributed by atoms with Crippen LogP contribution in [0.5, 0.6) is 0 Å². The average Bonchev–Trinajstić information content (AvgIpc) is 3.36. The highest BCUT2D eigenvalue weighted by molar-refractivity contribution is 7.99. The number of carbonyl (C=O) groups excluding carboxylic acids is 1. The first-order chi connectivity index (χ1) is 12.6. The zero-order valence-electron chi connectivity index (χ0n) is 15.0. The van der Waals surface area contributed by atoms with Gasteiger partial charge in [0.05, 0.1) is 12.8 Å². The number of furan rings is 1. The molecule has 0 saturated carbocycles. The number of rotatable bonds is 4. The SMILES string of the molecule is CCSc1nnc(-c2nn(C)c3c2CN(C(=O)c2ccco2)CC3)n1C. The first kappa shape index (κ1) is 16.9. The molecule has 0 fully saturated rings. The fourth-order valence-corrected chi connectivity index (χ4v) is 3.91. The number of carbonyl (C=O) groups is 1. The second-order valence-corrected chi connectivity index (χ2v) is 7.38. The lowest BCUT2D eigenvalue weighted by atomic mass is 10.0. The van der Waals surface area contributed by atoms with Crippen LogP contribution in [0.3, 0.4) is 0 Å². The van der Waals surface area contributed by atoms with Crippen molar-refractivity contribution in [1.29, 1.82) is 0 Å². The number of nitrogens with zero attached hydrogens (tertiary/aromatic N) is 6. The molecule has 1 aliphatic heterocycles. The second-order valence-electron chi connectivity index (χ2n) is 6.15. The van der Waals surface area contributed by atoms with Gasteiger partial charge in [-0.25, -0.2) is 0 Å². The average molecular weight is 372 g/mol. The lowest BCUT2D eigenvalue weighted by Crippen LogP contribution is -2.36. The van der Waals surface area contributed by atoms with Gasteiger partial charge in [-0.3, -0.25) is 9.48 Å². The summed E-state index contributed by atoms with van der Waals surface area (Å²) in [4.78, 5) is 14.4. The van der Waals surface area contributed by atoms with E-state index < -0.39 is 0 Å². The number of amides is 1. The van der Waals surface area contributed by atoms with Crippen molar-refractivity contribution in [3.63, 3.8) is 0 Å². The highest BCUT2D eigenvalue weighted by atomic mass is 32.2. The maximum absolute atomic E-state index is 12.6. The minimum Gasteiger partial charge on any atom is -0.459 e. The van der Waals surface area contributed by atoms with E-state index in [9.17, 15) is 4.79 Å². The fourth-order valence-electron chi connectivity index (χ4n) is 3.28. The van der Waals surface area contributed by atoms with E-state index in [0.717, 1.165) is 40.1 Å². The highest BCUT2D eigenvalue weighted by Crippen LogP contribution is 2.30. The summed E-state index contributed by atoms with van der Waals surface area (Å²) >= 11 is 1.64. The van der Waals surface area contributed by atoms with Crippen LogP contribution < -0.4 is 0 Å². The van der Waals surface area contributed by atoms with Gasteiger partial charge < -0.3 is 13.9 Å². The van der Waals surface area contributed by atoms with Crippen LogP contribution in [-0.2, 0) is 27.1 Å². The largest absolute Gasteiger partial charge is 0.459 e. The molecule has 0 aromatic carbocycles. The number of hydrogen-bond acceptors (Lipinski definition) is 6. The molecule has 8 nitrogen and oxygen atoms in total. The third-order valence-electron chi connectivity index (χ3n) is 4.58. The minimum atomic E-state index is -0.101. The van der Waals surface area contributed by atoms with Crippen LogP contribution >= 0.6 is 11.8 Å². The molecule has 136 valence electrons. The van der Waals surface area contributed by atoms with Crippen LogP contribution in [0, 0.1) is 0 Å². The van der Waals surface area contributed by atoms with Gasteiger partial charge in [-0.05, 0) is 17.9 Å². The van der Waals surface area contributed by atoms with E-state index >= 15 is 0 Å². The van der Waals surface area contributed by atoms with Gasteiger partial charge in [0.2, 0.25) is 0 Å². The Kier molecular flexibility index (Phi) is 4.31. The molecule has 0 bridgehead atoms. The number of hydrogen-bond donors (Lipinski definition) is 0. The van der Waals surface area contributed by atoms with Crippen LogP contribution in [0.25, 0.3) is 11.5 Å². The lowest BCUT2D eigenvalue weighted by Gasteiger charge is -2.26. The smallest absolute Gasteiger partial charge is 0.289 e. The Morgan fingerprint density at radius 1 is 1.35 bits per heavy atom. The molecular formula is C17H20N6O2S. The number of aromatic nitrogens is 5. The van der Waals surface area contributed by atoms with Gasteiger partial charge in [0.15, 0.2) is 16.7 Å². The van der Waals surface area contributed by atoms with E-state index in [1.807, 2.05) is 23.3 Å². The molecule has 4 rings (SSSR count). The molecule has 0 saturated heterocycles. The van der Waals surface area contributed by atoms with Gasteiger partial charge in [-0.15, -0.1) is 10.2 Å². The van der Waals surface area contributed by atoms with Crippen molar-refractivity contribution < 1.29 is 9.21 Å². The summed E-state index contributed by atoms with van der Waals surface area (Å²) in [6, 6.07) is 3.42. The zero-order valence-corrected chi connectivity index (χ0v) is 15.8. The lowest BCUT2D eigenvalue weighted by molar-refractivity contribution is 0.0701. The molecule has 0 atom stereocenters. The normalized spacial score (nSPS) is 13.9. The first-order valence-electron chi connectivity index (χ1n) is 8.50.